The van der Waals surface area contributed by atoms with Crippen LogP contribution in [0.3, 0.4) is 0 Å². The molecule has 13 heteroatoms. The average molecular weight is 744 g/mol. The van der Waals surface area contributed by atoms with Gasteiger partial charge < -0.3 is 24.2 Å². The summed E-state index contributed by atoms with van der Waals surface area (Å²) in [6.07, 6.45) is 3.64. The third kappa shape index (κ3) is 8.84. The van der Waals surface area contributed by atoms with Gasteiger partial charge in [0.05, 0.1) is 30.6 Å². The summed E-state index contributed by atoms with van der Waals surface area (Å²) in [6.45, 7) is 18.6. The molecule has 0 spiro atoms. The lowest BCUT2D eigenvalue weighted by molar-refractivity contribution is -0.121. The minimum atomic E-state index is -0.632. The number of esters is 1. The Morgan fingerprint density at radius 3 is 2.30 bits per heavy atom. The molecule has 2 fully saturated rings. The Morgan fingerprint density at radius 1 is 0.907 bits per heavy atom. The number of piperazine rings is 2. The van der Waals surface area contributed by atoms with Crippen molar-refractivity contribution in [3.8, 4) is 0 Å². The number of hydrogen-bond donors (Lipinski definition) is 0. The van der Waals surface area contributed by atoms with Crippen molar-refractivity contribution in [1.29, 1.82) is 0 Å². The van der Waals surface area contributed by atoms with Crippen LogP contribution >= 0.6 is 0 Å². The molecule has 0 aliphatic carbocycles. The van der Waals surface area contributed by atoms with E-state index in [-0.39, 0.29) is 47.9 Å². The van der Waals surface area contributed by atoms with Gasteiger partial charge in [-0.1, -0.05) is 26.0 Å². The minimum absolute atomic E-state index is 0.00943. The van der Waals surface area contributed by atoms with Gasteiger partial charge in [-0.15, -0.1) is 0 Å². The number of benzene rings is 1. The summed E-state index contributed by atoms with van der Waals surface area (Å²) in [5.41, 5.74) is 3.08. The maximum atomic E-state index is 14.4. The maximum absolute atomic E-state index is 14.4. The number of hydrogen-bond acceptors (Lipinski definition) is 10. The SMILES string of the molecule is COC(=O)c1ccc(N2CCN(C[C@H]3CN(C(=O)OC(C)(C)C)[C@@H](C)CN3CC(=O)N3CC(C)(C)c4ncc(Cc5ccc(F)cc5)cc43)[C@H](C)C2)nc1. The molecule has 5 heterocycles. The van der Waals surface area contributed by atoms with Crippen LogP contribution in [0.25, 0.3) is 0 Å². The van der Waals surface area contributed by atoms with E-state index < -0.39 is 11.6 Å². The predicted octanol–water partition coefficient (Wildman–Crippen LogP) is 5.14. The van der Waals surface area contributed by atoms with E-state index in [1.165, 1.54) is 19.2 Å². The number of methoxy groups -OCH3 is 1. The number of pyridine rings is 2. The zero-order valence-corrected chi connectivity index (χ0v) is 32.8. The Hall–Kier alpha value is -4.62. The summed E-state index contributed by atoms with van der Waals surface area (Å²) in [6, 6.07) is 12.0. The standard InChI is InChI=1S/C41H54FN7O5/c1-27-21-46(35-14-11-31(20-43-35)38(51)53-8)16-15-45(27)23-33-24-48(39(52)54-40(3,4)5)28(2)22-47(33)25-36(50)49-26-41(6,7)37-34(49)18-30(19-44-37)17-29-9-12-32(42)13-10-29/h9-14,18-20,27-28,33H,15-17,21-26H2,1-8H3/t27-,28+,33+/m1/s1. The fourth-order valence-electron chi connectivity index (χ4n) is 7.80. The Bertz CT molecular complexity index is 1830. The van der Waals surface area contributed by atoms with Crippen molar-refractivity contribution in [2.45, 2.75) is 84.0 Å². The van der Waals surface area contributed by atoms with Crippen molar-refractivity contribution in [2.24, 2.45) is 0 Å². The number of rotatable bonds is 8. The molecule has 0 N–H and O–H groups in total. The molecule has 3 aliphatic rings. The van der Waals surface area contributed by atoms with E-state index in [0.717, 1.165) is 48.0 Å². The summed E-state index contributed by atoms with van der Waals surface area (Å²) in [5.74, 6) is 0.0955. The van der Waals surface area contributed by atoms with Gasteiger partial charge in [-0.25, -0.2) is 19.0 Å². The largest absolute Gasteiger partial charge is 0.465 e. The molecule has 2 saturated heterocycles. The van der Waals surface area contributed by atoms with E-state index in [0.29, 0.717) is 38.2 Å². The molecule has 0 unspecified atom stereocenters. The van der Waals surface area contributed by atoms with Crippen molar-refractivity contribution in [3.05, 3.63) is 83.1 Å². The number of carbonyl (C=O) groups is 3. The predicted molar refractivity (Wildman–Crippen MR) is 205 cm³/mol. The van der Waals surface area contributed by atoms with Gasteiger partial charge in [-0.2, -0.15) is 0 Å². The van der Waals surface area contributed by atoms with Crippen molar-refractivity contribution >= 4 is 29.5 Å². The molecule has 0 saturated carbocycles. The molecule has 3 aromatic rings. The van der Waals surface area contributed by atoms with Crippen LogP contribution in [-0.4, -0.2) is 126 Å². The van der Waals surface area contributed by atoms with Gasteiger partial charge in [0.15, 0.2) is 0 Å². The van der Waals surface area contributed by atoms with Crippen LogP contribution in [0.5, 0.6) is 0 Å². The third-order valence-electron chi connectivity index (χ3n) is 10.7. The molecule has 12 nitrogen and oxygen atoms in total. The lowest BCUT2D eigenvalue weighted by Gasteiger charge is -2.48. The van der Waals surface area contributed by atoms with Crippen LogP contribution < -0.4 is 9.80 Å². The molecule has 3 atom stereocenters. The quantitative estimate of drug-likeness (QED) is 0.288. The van der Waals surface area contributed by atoms with Crippen LogP contribution in [0.1, 0.15) is 75.6 Å². The first-order valence-electron chi connectivity index (χ1n) is 18.8. The Kier molecular flexibility index (Phi) is 11.3. The maximum Gasteiger partial charge on any atom is 0.410 e. The number of halogens is 1. The van der Waals surface area contributed by atoms with E-state index in [9.17, 15) is 18.8 Å². The molecule has 54 heavy (non-hydrogen) atoms. The average Bonchev–Trinajstić information content (AvgIpc) is 3.39. The number of amides is 2. The summed E-state index contributed by atoms with van der Waals surface area (Å²) >= 11 is 0. The summed E-state index contributed by atoms with van der Waals surface area (Å²) < 4.78 is 24.2. The van der Waals surface area contributed by atoms with Gasteiger partial charge in [-0.3, -0.25) is 19.6 Å². The third-order valence-corrected chi connectivity index (χ3v) is 10.7. The zero-order chi connectivity index (χ0) is 38.9. The smallest absolute Gasteiger partial charge is 0.410 e. The van der Waals surface area contributed by atoms with Gasteiger partial charge in [0.2, 0.25) is 5.91 Å². The number of ether oxygens (including phenoxy) is 2. The van der Waals surface area contributed by atoms with E-state index in [1.807, 2.05) is 49.8 Å². The molecule has 2 amide bonds. The first-order valence-corrected chi connectivity index (χ1v) is 18.8. The van der Waals surface area contributed by atoms with Gasteiger partial charge >= 0.3 is 12.1 Å². The van der Waals surface area contributed by atoms with E-state index >= 15 is 0 Å². The van der Waals surface area contributed by atoms with Crippen molar-refractivity contribution in [1.82, 2.24) is 24.7 Å². The minimum Gasteiger partial charge on any atom is -0.465 e. The van der Waals surface area contributed by atoms with Gasteiger partial charge in [0, 0.05) is 81.7 Å². The Labute approximate surface area is 318 Å². The highest BCUT2D eigenvalue weighted by Crippen LogP contribution is 2.40. The number of anilines is 2. The van der Waals surface area contributed by atoms with Crippen molar-refractivity contribution in [3.63, 3.8) is 0 Å². The summed E-state index contributed by atoms with van der Waals surface area (Å²) in [4.78, 5) is 59.7. The van der Waals surface area contributed by atoms with Crippen LogP contribution in [0.4, 0.5) is 20.7 Å². The molecule has 3 aliphatic heterocycles. The summed E-state index contributed by atoms with van der Waals surface area (Å²) in [5, 5.41) is 0. The molecule has 0 bridgehead atoms. The number of nitrogens with zero attached hydrogens (tertiary/aromatic N) is 7. The molecule has 1 aromatic carbocycles. The van der Waals surface area contributed by atoms with Crippen LogP contribution in [-0.2, 0) is 26.1 Å². The topological polar surface area (TPSA) is 112 Å². The molecular weight excluding hydrogens is 689 g/mol. The zero-order valence-electron chi connectivity index (χ0n) is 32.8. The Balaban J connectivity index is 1.19. The van der Waals surface area contributed by atoms with Gasteiger partial charge in [-0.05, 0) is 82.5 Å². The number of fused-ring (bicyclic) bond motifs is 1. The number of carbonyl (C=O) groups excluding carboxylic acids is 3. The fourth-order valence-corrected chi connectivity index (χ4v) is 7.80. The molecular formula is C41H54FN7O5. The van der Waals surface area contributed by atoms with Gasteiger partial charge in [0.25, 0.3) is 0 Å². The van der Waals surface area contributed by atoms with Gasteiger partial charge in [0.1, 0.15) is 17.2 Å². The van der Waals surface area contributed by atoms with E-state index in [2.05, 4.69) is 46.5 Å². The summed E-state index contributed by atoms with van der Waals surface area (Å²) in [7, 11) is 1.35. The van der Waals surface area contributed by atoms with Crippen LogP contribution in [0.15, 0.2) is 54.9 Å². The van der Waals surface area contributed by atoms with E-state index in [1.54, 1.807) is 24.4 Å². The molecule has 6 rings (SSSR count). The van der Waals surface area contributed by atoms with E-state index in [4.69, 9.17) is 14.5 Å². The second-order valence-electron chi connectivity index (χ2n) is 16.6. The first kappa shape index (κ1) is 39.1. The fraction of sp³-hybridized carbons (Fsp3) is 0.537. The second-order valence-corrected chi connectivity index (χ2v) is 16.6. The van der Waals surface area contributed by atoms with Crippen LogP contribution in [0.2, 0.25) is 0 Å². The second kappa shape index (κ2) is 15.6. The normalized spacial score (nSPS) is 21.9. The number of aromatic nitrogens is 2. The molecule has 290 valence electrons. The Morgan fingerprint density at radius 2 is 1.65 bits per heavy atom. The molecule has 0 radical (unpaired) electrons. The van der Waals surface area contributed by atoms with Crippen LogP contribution in [0, 0.1) is 5.82 Å². The lowest BCUT2D eigenvalue weighted by atomic mass is 9.91. The highest BCUT2D eigenvalue weighted by Gasteiger charge is 2.43. The van der Waals surface area contributed by atoms with Crippen molar-refractivity contribution < 1.29 is 28.2 Å². The monoisotopic (exact) mass is 743 g/mol. The highest BCUT2D eigenvalue weighted by atomic mass is 19.1. The first-order chi connectivity index (χ1) is 25.5. The highest BCUT2D eigenvalue weighted by molar-refractivity contribution is 5.97. The molecule has 2 aromatic heterocycles. The lowest BCUT2D eigenvalue weighted by Crippen LogP contribution is -2.65. The van der Waals surface area contributed by atoms with Crippen molar-refractivity contribution in [2.75, 3.05) is 69.3 Å².